The van der Waals surface area contributed by atoms with Gasteiger partial charge in [0.25, 0.3) is 0 Å². The van der Waals surface area contributed by atoms with E-state index in [1.165, 1.54) is 0 Å². The van der Waals surface area contributed by atoms with Gasteiger partial charge in [-0.25, -0.2) is 9.37 Å². The number of alkyl halides is 1. The molecule has 1 fully saturated rings. The number of benzene rings is 2. The number of rotatable bonds is 9. The Hall–Kier alpha value is -3.60. The molecule has 35 heavy (non-hydrogen) atoms. The number of fused-ring (bicyclic) bond motifs is 1. The van der Waals surface area contributed by atoms with Gasteiger partial charge in [-0.15, -0.1) is 0 Å². The van der Waals surface area contributed by atoms with Crippen molar-refractivity contribution in [3.63, 3.8) is 0 Å². The summed E-state index contributed by atoms with van der Waals surface area (Å²) in [6.45, 7) is -0.130. The number of hydrogen-bond acceptors (Lipinski definition) is 8. The molecule has 3 atom stereocenters. The van der Waals surface area contributed by atoms with Crippen LogP contribution in [0.1, 0.15) is 23.8 Å². The molecule has 4 aromatic rings. The molecule has 2 aromatic heterocycles. The Morgan fingerprint density at radius 3 is 2.37 bits per heavy atom. The minimum atomic E-state index is -1.31. The molecule has 1 saturated heterocycles. The highest BCUT2D eigenvalue weighted by Gasteiger charge is 2.51. The van der Waals surface area contributed by atoms with Crippen LogP contribution < -0.4 is 11.5 Å². The first-order chi connectivity index (χ1) is 17.1. The first-order valence-corrected chi connectivity index (χ1v) is 11.3. The van der Waals surface area contributed by atoms with Crippen LogP contribution in [0, 0.1) is 0 Å². The van der Waals surface area contributed by atoms with Gasteiger partial charge in [-0.05, 0) is 11.1 Å². The van der Waals surface area contributed by atoms with E-state index in [-0.39, 0.29) is 18.4 Å². The van der Waals surface area contributed by atoms with E-state index in [9.17, 15) is 4.39 Å². The molecule has 0 unspecified atom stereocenters. The number of halogens is 1. The number of imidazole rings is 1. The van der Waals surface area contributed by atoms with Gasteiger partial charge >= 0.3 is 0 Å². The van der Waals surface area contributed by atoms with Gasteiger partial charge in [0.2, 0.25) is 5.95 Å². The van der Waals surface area contributed by atoms with Crippen LogP contribution in [0.15, 0.2) is 67.0 Å². The van der Waals surface area contributed by atoms with E-state index in [1.54, 1.807) is 10.9 Å². The topological polar surface area (TPSA) is 123 Å². The smallest absolute Gasteiger partial charge is 0.224 e. The molecule has 3 heterocycles. The van der Waals surface area contributed by atoms with E-state index in [0.717, 1.165) is 11.1 Å². The molecule has 2 aromatic carbocycles. The van der Waals surface area contributed by atoms with Crippen molar-refractivity contribution in [3.8, 4) is 0 Å². The molecule has 4 N–H and O–H groups in total. The fraction of sp³-hybridized carbons (Fsp3) is 0.320. The van der Waals surface area contributed by atoms with Crippen molar-refractivity contribution in [1.29, 1.82) is 0 Å². The van der Waals surface area contributed by atoms with Crippen molar-refractivity contribution in [2.75, 3.05) is 24.7 Å². The summed E-state index contributed by atoms with van der Waals surface area (Å²) in [5.41, 5.74) is 13.2. The summed E-state index contributed by atoms with van der Waals surface area (Å²) in [5.74, 6) is 0.193. The quantitative estimate of drug-likeness (QED) is 0.375. The lowest BCUT2D eigenvalue weighted by Crippen LogP contribution is -2.47. The van der Waals surface area contributed by atoms with Gasteiger partial charge in [0, 0.05) is 6.42 Å². The third-order valence-electron chi connectivity index (χ3n) is 6.13. The molecule has 5 rings (SSSR count). The van der Waals surface area contributed by atoms with Gasteiger partial charge in [0.05, 0.1) is 32.3 Å². The Labute approximate surface area is 201 Å². The second kappa shape index (κ2) is 9.95. The molecule has 182 valence electrons. The normalized spacial score (nSPS) is 22.1. The van der Waals surface area contributed by atoms with E-state index < -0.39 is 24.6 Å². The van der Waals surface area contributed by atoms with E-state index in [1.807, 2.05) is 60.7 Å². The number of anilines is 2. The van der Waals surface area contributed by atoms with Gasteiger partial charge in [0.15, 0.2) is 11.5 Å². The predicted octanol–water partition coefficient (Wildman–Crippen LogP) is 3.42. The number of nitrogens with two attached hydrogens (primary N) is 2. The molecule has 1 aliphatic heterocycles. The average Bonchev–Trinajstić information content (AvgIpc) is 3.46. The van der Waals surface area contributed by atoms with E-state index >= 15 is 0 Å². The number of ether oxygens (including phenoxy) is 3. The van der Waals surface area contributed by atoms with Crippen LogP contribution in [0.25, 0.3) is 11.2 Å². The summed E-state index contributed by atoms with van der Waals surface area (Å²) >= 11 is 0. The first kappa shape index (κ1) is 23.2. The van der Waals surface area contributed by atoms with Crippen molar-refractivity contribution < 1.29 is 18.6 Å². The van der Waals surface area contributed by atoms with E-state index in [2.05, 4.69) is 15.0 Å². The Balaban J connectivity index is 1.40. The van der Waals surface area contributed by atoms with Crippen molar-refractivity contribution in [2.45, 2.75) is 37.6 Å². The molecule has 0 bridgehead atoms. The number of aromatic nitrogens is 4. The van der Waals surface area contributed by atoms with Gasteiger partial charge in [-0.2, -0.15) is 9.97 Å². The molecule has 10 heteroatoms. The van der Waals surface area contributed by atoms with Crippen molar-refractivity contribution >= 4 is 22.9 Å². The molecule has 1 aliphatic rings. The minimum Gasteiger partial charge on any atom is -0.382 e. The summed E-state index contributed by atoms with van der Waals surface area (Å²) < 4.78 is 34.9. The monoisotopic (exact) mass is 478 g/mol. The lowest BCUT2D eigenvalue weighted by Gasteiger charge is -2.31. The average molecular weight is 479 g/mol. The highest BCUT2D eigenvalue weighted by Crippen LogP contribution is 2.41. The highest BCUT2D eigenvalue weighted by molar-refractivity contribution is 5.82. The standard InChI is InChI=1S/C25H27FN6O3/c26-14-25(15-33-12-17-7-3-1-4-8-17)19(34-13-18-9-5-2-6-10-18)11-20(35-25)32-16-29-21-22(27)30-24(28)31-23(21)32/h1-10,16,19-20H,11-15H2,(H4,27,28,30,31)/t19-,20+,25+/m0/s1. The van der Waals surface area contributed by atoms with Crippen LogP contribution in [0.2, 0.25) is 0 Å². The largest absolute Gasteiger partial charge is 0.382 e. The zero-order valence-corrected chi connectivity index (χ0v) is 19.1. The van der Waals surface area contributed by atoms with Gasteiger partial charge in [-0.1, -0.05) is 60.7 Å². The van der Waals surface area contributed by atoms with E-state index in [4.69, 9.17) is 25.7 Å². The number of nitrogens with zero attached hydrogens (tertiary/aromatic N) is 4. The summed E-state index contributed by atoms with van der Waals surface area (Å²) in [4.78, 5) is 12.5. The highest BCUT2D eigenvalue weighted by atomic mass is 19.1. The van der Waals surface area contributed by atoms with Crippen LogP contribution in [0.5, 0.6) is 0 Å². The fourth-order valence-corrected chi connectivity index (χ4v) is 4.32. The molecule has 0 radical (unpaired) electrons. The maximum Gasteiger partial charge on any atom is 0.224 e. The first-order valence-electron chi connectivity index (χ1n) is 11.3. The number of hydrogen-bond donors (Lipinski definition) is 2. The SMILES string of the molecule is Nc1nc(N)c2ncn([C@H]3C[C@H](OCc4ccccc4)[C@@](CF)(COCc4ccccc4)O3)c2n1. The zero-order valence-electron chi connectivity index (χ0n) is 19.1. The Morgan fingerprint density at radius 2 is 1.69 bits per heavy atom. The molecular weight excluding hydrogens is 451 g/mol. The maximum absolute atomic E-state index is 14.7. The molecular formula is C25H27FN6O3. The van der Waals surface area contributed by atoms with Crippen LogP contribution in [-0.4, -0.2) is 44.5 Å². The summed E-state index contributed by atoms with van der Waals surface area (Å²) in [6, 6.07) is 19.4. The van der Waals surface area contributed by atoms with E-state index in [0.29, 0.717) is 30.8 Å². The molecule has 0 saturated carbocycles. The second-order valence-corrected chi connectivity index (χ2v) is 8.56. The molecule has 0 spiro atoms. The molecule has 9 nitrogen and oxygen atoms in total. The van der Waals surface area contributed by atoms with Gasteiger partial charge in [-0.3, -0.25) is 4.57 Å². The molecule has 0 amide bonds. The van der Waals surface area contributed by atoms with Crippen molar-refractivity contribution in [1.82, 2.24) is 19.5 Å². The minimum absolute atomic E-state index is 0.0141. The third-order valence-corrected chi connectivity index (χ3v) is 6.13. The van der Waals surface area contributed by atoms with Crippen LogP contribution in [0.4, 0.5) is 16.2 Å². The van der Waals surface area contributed by atoms with Gasteiger partial charge < -0.3 is 25.7 Å². The summed E-state index contributed by atoms with van der Waals surface area (Å²) in [6.07, 6.45) is 0.724. The summed E-state index contributed by atoms with van der Waals surface area (Å²) in [5, 5.41) is 0. The third kappa shape index (κ3) is 4.81. The summed E-state index contributed by atoms with van der Waals surface area (Å²) in [7, 11) is 0. The Kier molecular flexibility index (Phi) is 6.58. The van der Waals surface area contributed by atoms with Crippen molar-refractivity contribution in [2.24, 2.45) is 0 Å². The van der Waals surface area contributed by atoms with Gasteiger partial charge in [0.1, 0.15) is 24.0 Å². The molecule has 0 aliphatic carbocycles. The van der Waals surface area contributed by atoms with Crippen LogP contribution >= 0.6 is 0 Å². The Bertz CT molecular complexity index is 1270. The lowest BCUT2D eigenvalue weighted by molar-refractivity contribution is -0.164. The van der Waals surface area contributed by atoms with Crippen LogP contribution in [-0.2, 0) is 27.4 Å². The Morgan fingerprint density at radius 1 is 1.00 bits per heavy atom. The maximum atomic E-state index is 14.7. The number of nitrogen functional groups attached to an aromatic ring is 2. The fourth-order valence-electron chi connectivity index (χ4n) is 4.32. The zero-order chi connectivity index (χ0) is 24.3. The lowest BCUT2D eigenvalue weighted by atomic mass is 9.99. The predicted molar refractivity (Wildman–Crippen MR) is 129 cm³/mol. The van der Waals surface area contributed by atoms with Crippen LogP contribution in [0.3, 0.4) is 0 Å². The van der Waals surface area contributed by atoms with Crippen molar-refractivity contribution in [3.05, 3.63) is 78.1 Å². The second-order valence-electron chi connectivity index (χ2n) is 8.56.